The first-order valence-electron chi connectivity index (χ1n) is 6.19. The fourth-order valence-electron chi connectivity index (χ4n) is 1.97. The van der Waals surface area contributed by atoms with Crippen LogP contribution >= 0.6 is 11.3 Å². The van der Waals surface area contributed by atoms with Gasteiger partial charge in [0.2, 0.25) is 5.91 Å². The third kappa shape index (κ3) is 3.61. The maximum Gasteiger partial charge on any atom is 0.226 e. The summed E-state index contributed by atoms with van der Waals surface area (Å²) in [4.78, 5) is 21.7. The number of thiazole rings is 1. The SMILES string of the molecule is Cc1nc([C@@H](C)NC(=O)Cc2ccccn2)c(C)s1. The smallest absolute Gasteiger partial charge is 0.226 e. The zero-order chi connectivity index (χ0) is 13.8. The maximum atomic E-state index is 11.9. The number of aryl methyl sites for hydroxylation is 2. The molecule has 4 nitrogen and oxygen atoms in total. The Morgan fingerprint density at radius 2 is 2.21 bits per heavy atom. The lowest BCUT2D eigenvalue weighted by molar-refractivity contribution is -0.121. The molecule has 2 rings (SSSR count). The number of carbonyl (C=O) groups is 1. The lowest BCUT2D eigenvalue weighted by Gasteiger charge is -2.12. The fraction of sp³-hybridized carbons (Fsp3) is 0.357. The van der Waals surface area contributed by atoms with Gasteiger partial charge < -0.3 is 5.32 Å². The van der Waals surface area contributed by atoms with Crippen molar-refractivity contribution >= 4 is 17.2 Å². The average Bonchev–Trinajstić information content (AvgIpc) is 2.69. The number of rotatable bonds is 4. The van der Waals surface area contributed by atoms with Crippen LogP contribution < -0.4 is 5.32 Å². The summed E-state index contributed by atoms with van der Waals surface area (Å²) < 4.78 is 0. The molecule has 2 aromatic heterocycles. The van der Waals surface area contributed by atoms with Crippen LogP contribution in [-0.4, -0.2) is 15.9 Å². The number of nitrogens with zero attached hydrogens (tertiary/aromatic N) is 2. The molecule has 0 aliphatic heterocycles. The molecule has 0 aliphatic carbocycles. The maximum absolute atomic E-state index is 11.9. The average molecular weight is 275 g/mol. The van der Waals surface area contributed by atoms with Crippen LogP contribution in [0.4, 0.5) is 0 Å². The molecule has 1 atom stereocenters. The van der Waals surface area contributed by atoms with Crippen molar-refractivity contribution in [1.82, 2.24) is 15.3 Å². The van der Waals surface area contributed by atoms with E-state index >= 15 is 0 Å². The van der Waals surface area contributed by atoms with E-state index in [1.165, 1.54) is 0 Å². The Bertz CT molecular complexity index is 565. The monoisotopic (exact) mass is 275 g/mol. The highest BCUT2D eigenvalue weighted by atomic mass is 32.1. The van der Waals surface area contributed by atoms with Crippen LogP contribution in [0.2, 0.25) is 0 Å². The van der Waals surface area contributed by atoms with E-state index in [4.69, 9.17) is 0 Å². The van der Waals surface area contributed by atoms with Crippen molar-refractivity contribution in [2.45, 2.75) is 33.2 Å². The molecular formula is C14H17N3OS. The molecule has 19 heavy (non-hydrogen) atoms. The molecule has 2 aromatic rings. The number of carbonyl (C=O) groups excluding carboxylic acids is 1. The zero-order valence-electron chi connectivity index (χ0n) is 11.3. The standard InChI is InChI=1S/C14H17N3OS/c1-9(14-10(2)19-11(3)17-14)16-13(18)8-12-6-4-5-7-15-12/h4-7,9H,8H2,1-3H3,(H,16,18)/t9-/m1/s1. The van der Waals surface area contributed by atoms with Crippen molar-refractivity contribution in [3.63, 3.8) is 0 Å². The Balaban J connectivity index is 1.97. The highest BCUT2D eigenvalue weighted by Gasteiger charge is 2.15. The number of amides is 1. The lowest BCUT2D eigenvalue weighted by Crippen LogP contribution is -2.28. The second-order valence-electron chi connectivity index (χ2n) is 4.46. The van der Waals surface area contributed by atoms with Gasteiger partial charge in [-0.1, -0.05) is 6.07 Å². The molecule has 100 valence electrons. The summed E-state index contributed by atoms with van der Waals surface area (Å²) in [5, 5.41) is 3.99. The van der Waals surface area contributed by atoms with E-state index in [0.717, 1.165) is 21.3 Å². The van der Waals surface area contributed by atoms with Crippen molar-refractivity contribution in [3.05, 3.63) is 45.7 Å². The van der Waals surface area contributed by atoms with Gasteiger partial charge in [-0.25, -0.2) is 4.98 Å². The van der Waals surface area contributed by atoms with Gasteiger partial charge in [-0.15, -0.1) is 11.3 Å². The molecule has 2 heterocycles. The van der Waals surface area contributed by atoms with Crippen LogP contribution in [0.1, 0.15) is 34.2 Å². The fourth-order valence-corrected chi connectivity index (χ4v) is 2.89. The van der Waals surface area contributed by atoms with E-state index in [2.05, 4.69) is 15.3 Å². The van der Waals surface area contributed by atoms with Gasteiger partial charge >= 0.3 is 0 Å². The van der Waals surface area contributed by atoms with E-state index in [1.54, 1.807) is 17.5 Å². The predicted molar refractivity (Wildman–Crippen MR) is 76.1 cm³/mol. The normalized spacial score (nSPS) is 12.2. The van der Waals surface area contributed by atoms with E-state index in [0.29, 0.717) is 6.42 Å². The first-order valence-corrected chi connectivity index (χ1v) is 7.01. The van der Waals surface area contributed by atoms with Crippen molar-refractivity contribution in [1.29, 1.82) is 0 Å². The van der Waals surface area contributed by atoms with Crippen molar-refractivity contribution in [3.8, 4) is 0 Å². The minimum Gasteiger partial charge on any atom is -0.348 e. The summed E-state index contributed by atoms with van der Waals surface area (Å²) in [5.74, 6) is -0.0312. The highest BCUT2D eigenvalue weighted by Crippen LogP contribution is 2.22. The summed E-state index contributed by atoms with van der Waals surface area (Å²) in [5.41, 5.74) is 1.73. The van der Waals surface area contributed by atoms with Crippen LogP contribution in [0.15, 0.2) is 24.4 Å². The molecule has 0 radical (unpaired) electrons. The summed E-state index contributed by atoms with van der Waals surface area (Å²) in [6.07, 6.45) is 1.99. The molecule has 0 fully saturated rings. The van der Waals surface area contributed by atoms with Crippen LogP contribution in [-0.2, 0) is 11.2 Å². The molecule has 1 N–H and O–H groups in total. The topological polar surface area (TPSA) is 54.9 Å². The number of nitrogens with one attached hydrogen (secondary N) is 1. The molecule has 1 amide bonds. The van der Waals surface area contributed by atoms with E-state index in [9.17, 15) is 4.79 Å². The van der Waals surface area contributed by atoms with Gasteiger partial charge in [-0.05, 0) is 32.9 Å². The second-order valence-corrected chi connectivity index (χ2v) is 5.87. The number of pyridine rings is 1. The van der Waals surface area contributed by atoms with Crippen molar-refractivity contribution in [2.75, 3.05) is 0 Å². The van der Waals surface area contributed by atoms with Gasteiger partial charge in [-0.2, -0.15) is 0 Å². The Morgan fingerprint density at radius 3 is 2.79 bits per heavy atom. The number of aromatic nitrogens is 2. The Hall–Kier alpha value is -1.75. The highest BCUT2D eigenvalue weighted by molar-refractivity contribution is 7.11. The molecule has 5 heteroatoms. The van der Waals surface area contributed by atoms with Crippen molar-refractivity contribution in [2.24, 2.45) is 0 Å². The van der Waals surface area contributed by atoms with E-state index in [1.807, 2.05) is 39.0 Å². The molecule has 0 saturated carbocycles. The largest absolute Gasteiger partial charge is 0.348 e. The van der Waals surface area contributed by atoms with Crippen molar-refractivity contribution < 1.29 is 4.79 Å². The summed E-state index contributed by atoms with van der Waals surface area (Å²) in [6.45, 7) is 5.96. The Morgan fingerprint density at radius 1 is 1.42 bits per heavy atom. The molecule has 0 spiro atoms. The van der Waals surface area contributed by atoms with Gasteiger partial charge in [0, 0.05) is 16.8 Å². The number of hydrogen-bond acceptors (Lipinski definition) is 4. The van der Waals surface area contributed by atoms with Gasteiger partial charge in [0.15, 0.2) is 0 Å². The van der Waals surface area contributed by atoms with Crippen LogP contribution in [0.3, 0.4) is 0 Å². The van der Waals surface area contributed by atoms with Gasteiger partial charge in [0.25, 0.3) is 0 Å². The summed E-state index contributed by atoms with van der Waals surface area (Å²) >= 11 is 1.65. The van der Waals surface area contributed by atoms with Gasteiger partial charge in [-0.3, -0.25) is 9.78 Å². The van der Waals surface area contributed by atoms with Crippen LogP contribution in [0, 0.1) is 13.8 Å². The first-order chi connectivity index (χ1) is 9.06. The Labute approximate surface area is 116 Å². The van der Waals surface area contributed by atoms with E-state index in [-0.39, 0.29) is 11.9 Å². The lowest BCUT2D eigenvalue weighted by atomic mass is 10.2. The van der Waals surface area contributed by atoms with Gasteiger partial charge in [0.05, 0.1) is 23.2 Å². The minimum atomic E-state index is -0.0684. The molecule has 0 unspecified atom stereocenters. The molecule has 0 aromatic carbocycles. The molecule has 0 aliphatic rings. The molecular weight excluding hydrogens is 258 g/mol. The van der Waals surface area contributed by atoms with Gasteiger partial charge in [0.1, 0.15) is 0 Å². The predicted octanol–water partition coefficient (Wildman–Crippen LogP) is 2.57. The second kappa shape index (κ2) is 5.93. The molecule has 0 saturated heterocycles. The summed E-state index contributed by atoms with van der Waals surface area (Å²) in [7, 11) is 0. The van der Waals surface area contributed by atoms with E-state index < -0.39 is 0 Å². The summed E-state index contributed by atoms with van der Waals surface area (Å²) in [6, 6.07) is 5.50. The third-order valence-electron chi connectivity index (χ3n) is 2.79. The first kappa shape index (κ1) is 13.7. The Kier molecular flexibility index (Phi) is 4.27. The third-order valence-corrected chi connectivity index (χ3v) is 3.70. The zero-order valence-corrected chi connectivity index (χ0v) is 12.1. The quantitative estimate of drug-likeness (QED) is 0.933. The number of hydrogen-bond donors (Lipinski definition) is 1. The van der Waals surface area contributed by atoms with Crippen LogP contribution in [0.5, 0.6) is 0 Å². The molecule has 0 bridgehead atoms. The minimum absolute atomic E-state index is 0.0312. The van der Waals surface area contributed by atoms with Crippen LogP contribution in [0.25, 0.3) is 0 Å².